The molecule has 0 bridgehead atoms. The molecule has 0 atom stereocenters. The van der Waals surface area contributed by atoms with Crippen LogP contribution in [0.3, 0.4) is 0 Å². The summed E-state index contributed by atoms with van der Waals surface area (Å²) in [7, 11) is 1.68. The summed E-state index contributed by atoms with van der Waals surface area (Å²) < 4.78 is 5.39. The molecular weight excluding hydrogens is 375 g/mol. The molecule has 6 heteroatoms. The van der Waals surface area contributed by atoms with E-state index < -0.39 is 0 Å². The Hall–Kier alpha value is -1.36. The van der Waals surface area contributed by atoms with Gasteiger partial charge in [-0.3, -0.25) is 0 Å². The van der Waals surface area contributed by atoms with Crippen LogP contribution in [0.4, 0.5) is 5.69 Å². The van der Waals surface area contributed by atoms with E-state index in [0.29, 0.717) is 10.9 Å². The average molecular weight is 395 g/mol. The van der Waals surface area contributed by atoms with Gasteiger partial charge in [0.2, 0.25) is 0 Å². The topological polar surface area (TPSA) is 34.1 Å². The molecule has 0 aliphatic carbocycles. The van der Waals surface area contributed by atoms with Gasteiger partial charge in [0.15, 0.2) is 0 Å². The van der Waals surface area contributed by atoms with Crippen LogP contribution in [-0.2, 0) is 0 Å². The molecule has 132 valence electrons. The van der Waals surface area contributed by atoms with E-state index in [-0.39, 0.29) is 0 Å². The molecule has 0 aliphatic heterocycles. The van der Waals surface area contributed by atoms with E-state index in [4.69, 9.17) is 32.9 Å². The number of halogens is 2. The van der Waals surface area contributed by atoms with Crippen molar-refractivity contribution in [1.29, 1.82) is 0 Å². The van der Waals surface area contributed by atoms with Gasteiger partial charge >= 0.3 is 0 Å². The van der Waals surface area contributed by atoms with E-state index in [9.17, 15) is 0 Å². The Balaban J connectivity index is 1.95. The van der Waals surface area contributed by atoms with E-state index in [1.165, 1.54) is 0 Å². The van der Waals surface area contributed by atoms with Crippen molar-refractivity contribution in [2.75, 3.05) is 36.4 Å². The number of benzene rings is 2. The summed E-state index contributed by atoms with van der Waals surface area (Å²) >= 11 is 13.7. The predicted molar refractivity (Wildman–Crippen MR) is 112 cm³/mol. The molecule has 0 saturated heterocycles. The molecular formula is C19H20Cl2N2OS. The largest absolute Gasteiger partial charge is 0.497 e. The fraction of sp³-hybridized carbons (Fsp3) is 0.316. The minimum absolute atomic E-state index is 0.691. The molecule has 3 nitrogen and oxygen atoms in total. The number of ether oxygens (including phenoxy) is 1. The van der Waals surface area contributed by atoms with Crippen molar-refractivity contribution in [3.05, 3.63) is 41.4 Å². The molecule has 1 N–H and O–H groups in total. The normalized spacial score (nSPS) is 11.2. The summed E-state index contributed by atoms with van der Waals surface area (Å²) in [5.74, 6) is 3.62. The minimum Gasteiger partial charge on any atom is -0.497 e. The lowest BCUT2D eigenvalue weighted by atomic mass is 10.1. The van der Waals surface area contributed by atoms with Crippen LogP contribution in [0.5, 0.6) is 5.75 Å². The number of methoxy groups -OCH3 is 1. The molecule has 0 radical (unpaired) electrons. The summed E-state index contributed by atoms with van der Waals surface area (Å²) in [6.45, 7) is 0.892. The number of anilines is 1. The first kappa shape index (κ1) is 18.4. The first-order chi connectivity index (χ1) is 12.2. The van der Waals surface area contributed by atoms with E-state index in [0.717, 1.165) is 57.7 Å². The minimum atomic E-state index is 0.691. The Kier molecular flexibility index (Phi) is 6.51. The molecule has 1 heterocycles. The number of hydrogen-bond acceptors (Lipinski definition) is 4. The van der Waals surface area contributed by atoms with E-state index in [1.54, 1.807) is 7.11 Å². The molecule has 0 saturated carbocycles. The van der Waals surface area contributed by atoms with E-state index >= 15 is 0 Å². The molecule has 0 spiro atoms. The zero-order valence-corrected chi connectivity index (χ0v) is 16.3. The van der Waals surface area contributed by atoms with Gasteiger partial charge in [-0.15, -0.1) is 11.6 Å². The monoisotopic (exact) mass is 394 g/mol. The quantitative estimate of drug-likeness (QED) is 0.296. The summed E-state index contributed by atoms with van der Waals surface area (Å²) in [6.07, 6.45) is 1.07. The lowest BCUT2D eigenvalue weighted by molar-refractivity contribution is 0.415. The zero-order valence-electron chi connectivity index (χ0n) is 14.0. The first-order valence-corrected chi connectivity index (χ1v) is 10.2. The molecule has 0 amide bonds. The highest BCUT2D eigenvalue weighted by Gasteiger charge is 2.10. The van der Waals surface area contributed by atoms with Crippen LogP contribution < -0.4 is 10.1 Å². The average Bonchev–Trinajstić information content (AvgIpc) is 2.63. The van der Waals surface area contributed by atoms with Gasteiger partial charge < -0.3 is 10.1 Å². The molecule has 1 aromatic heterocycles. The number of hydrogen-bond donors (Lipinski definition) is 1. The predicted octanol–water partition coefficient (Wildman–Crippen LogP) is 5.82. The lowest BCUT2D eigenvalue weighted by Gasteiger charge is -2.14. The van der Waals surface area contributed by atoms with Crippen LogP contribution in [-0.4, -0.2) is 36.0 Å². The second-order valence-electron chi connectivity index (χ2n) is 5.61. The van der Waals surface area contributed by atoms with Gasteiger partial charge in [0, 0.05) is 34.0 Å². The number of alkyl halides is 1. The third-order valence-electron chi connectivity index (χ3n) is 3.93. The third-order valence-corrected chi connectivity index (χ3v) is 5.65. The molecule has 25 heavy (non-hydrogen) atoms. The lowest BCUT2D eigenvalue weighted by Crippen LogP contribution is -2.05. The number of nitrogens with zero attached hydrogens (tertiary/aromatic N) is 1. The fourth-order valence-corrected chi connectivity index (χ4v) is 3.91. The van der Waals surface area contributed by atoms with Crippen LogP contribution >= 0.6 is 35.0 Å². The molecule has 3 aromatic rings. The summed E-state index contributed by atoms with van der Waals surface area (Å²) in [4.78, 5) is 4.74. The fourth-order valence-electron chi connectivity index (χ4n) is 2.76. The summed E-state index contributed by atoms with van der Waals surface area (Å²) in [6, 6.07) is 11.8. The van der Waals surface area contributed by atoms with E-state index in [2.05, 4.69) is 5.32 Å². The van der Waals surface area contributed by atoms with Crippen LogP contribution in [0.2, 0.25) is 5.02 Å². The van der Waals surface area contributed by atoms with Crippen molar-refractivity contribution >= 4 is 62.5 Å². The Morgan fingerprint density at radius 2 is 1.96 bits per heavy atom. The van der Waals surface area contributed by atoms with Crippen molar-refractivity contribution in [2.45, 2.75) is 6.42 Å². The Morgan fingerprint density at radius 1 is 1.08 bits per heavy atom. The van der Waals surface area contributed by atoms with E-state index in [1.807, 2.05) is 48.2 Å². The molecule has 0 aliphatic rings. The molecule has 0 fully saturated rings. The Bertz CT molecular complexity index is 873. The highest BCUT2D eigenvalue weighted by molar-refractivity contribution is 7.99. The van der Waals surface area contributed by atoms with Crippen molar-refractivity contribution < 1.29 is 4.74 Å². The number of thioether (sulfide) groups is 1. The maximum Gasteiger partial charge on any atom is 0.119 e. The second-order valence-corrected chi connectivity index (χ2v) is 7.65. The standard InChI is InChI=1S/C19H20Cl2N2OS/c1-24-14-4-6-17-16(12-14)19(22-8-2-9-25-10-7-20)15-5-3-13(21)11-18(15)23-17/h3-6,11-12H,2,7-10H2,1H3,(H,22,23). The van der Waals surface area contributed by atoms with Gasteiger partial charge in [-0.1, -0.05) is 11.6 Å². The van der Waals surface area contributed by atoms with Crippen LogP contribution in [0.15, 0.2) is 36.4 Å². The Labute approximate surface area is 162 Å². The van der Waals surface area contributed by atoms with Crippen LogP contribution in [0.25, 0.3) is 21.8 Å². The maximum absolute atomic E-state index is 6.15. The number of pyridine rings is 1. The highest BCUT2D eigenvalue weighted by atomic mass is 35.5. The van der Waals surface area contributed by atoms with Crippen molar-refractivity contribution in [1.82, 2.24) is 4.98 Å². The molecule has 3 rings (SSSR count). The third kappa shape index (κ3) is 4.43. The number of aromatic nitrogens is 1. The number of rotatable bonds is 8. The van der Waals surface area contributed by atoms with Crippen molar-refractivity contribution in [3.63, 3.8) is 0 Å². The van der Waals surface area contributed by atoms with Crippen molar-refractivity contribution in [3.8, 4) is 5.75 Å². The molecule has 0 unspecified atom stereocenters. The second kappa shape index (κ2) is 8.84. The van der Waals surface area contributed by atoms with Gasteiger partial charge in [0.1, 0.15) is 5.75 Å². The smallest absolute Gasteiger partial charge is 0.119 e. The van der Waals surface area contributed by atoms with Crippen LogP contribution in [0, 0.1) is 0 Å². The zero-order chi connectivity index (χ0) is 17.6. The van der Waals surface area contributed by atoms with Gasteiger partial charge in [-0.05, 0) is 48.6 Å². The van der Waals surface area contributed by atoms with Gasteiger partial charge in [0.05, 0.1) is 23.8 Å². The summed E-state index contributed by atoms with van der Waals surface area (Å²) in [5.41, 5.74) is 2.90. The maximum atomic E-state index is 6.15. The SMILES string of the molecule is COc1ccc2nc3cc(Cl)ccc3c(NCCCSCCCl)c2c1. The number of nitrogens with one attached hydrogen (secondary N) is 1. The molecule has 2 aromatic carbocycles. The number of fused-ring (bicyclic) bond motifs is 2. The van der Waals surface area contributed by atoms with Crippen LogP contribution in [0.1, 0.15) is 6.42 Å². The highest BCUT2D eigenvalue weighted by Crippen LogP contribution is 2.34. The summed E-state index contributed by atoms with van der Waals surface area (Å²) in [5, 5.41) is 6.41. The first-order valence-electron chi connectivity index (χ1n) is 8.17. The van der Waals surface area contributed by atoms with Gasteiger partial charge in [0.25, 0.3) is 0 Å². The van der Waals surface area contributed by atoms with Crippen molar-refractivity contribution in [2.24, 2.45) is 0 Å². The Morgan fingerprint density at radius 3 is 2.76 bits per heavy atom. The van der Waals surface area contributed by atoms with Gasteiger partial charge in [-0.25, -0.2) is 4.98 Å². The van der Waals surface area contributed by atoms with Gasteiger partial charge in [-0.2, -0.15) is 11.8 Å².